The van der Waals surface area contributed by atoms with Crippen LogP contribution in [0.25, 0.3) is 0 Å². The van der Waals surface area contributed by atoms with E-state index in [9.17, 15) is 14.0 Å². The van der Waals surface area contributed by atoms with Gasteiger partial charge in [-0.1, -0.05) is 0 Å². The minimum atomic E-state index is -0.598. The van der Waals surface area contributed by atoms with Gasteiger partial charge in [-0.3, -0.25) is 9.59 Å². The first-order chi connectivity index (χ1) is 12.4. The molecule has 0 spiro atoms. The van der Waals surface area contributed by atoms with Crippen LogP contribution in [0.1, 0.15) is 21.0 Å². The molecule has 0 bridgehead atoms. The van der Waals surface area contributed by atoms with Gasteiger partial charge in [-0.25, -0.2) is 4.39 Å². The molecule has 3 rings (SSSR count). The topological polar surface area (TPSA) is 71.3 Å². The number of halogens is 2. The van der Waals surface area contributed by atoms with Gasteiger partial charge in [0.2, 0.25) is 5.91 Å². The molecule has 26 heavy (non-hydrogen) atoms. The minimum Gasteiger partial charge on any atom is -0.469 e. The third kappa shape index (κ3) is 4.39. The zero-order chi connectivity index (χ0) is 18.7. The summed E-state index contributed by atoms with van der Waals surface area (Å²) in [5.41, 5.74) is 0.695. The summed E-state index contributed by atoms with van der Waals surface area (Å²) in [7, 11) is 0. The molecular formula is C18H14BrFN2O3S. The van der Waals surface area contributed by atoms with E-state index < -0.39 is 11.7 Å². The normalized spacial score (nSPS) is 10.6. The maximum atomic E-state index is 14.0. The highest BCUT2D eigenvalue weighted by molar-refractivity contribution is 9.11. The number of benzene rings is 1. The quantitative estimate of drug-likeness (QED) is 0.591. The summed E-state index contributed by atoms with van der Waals surface area (Å²) in [6.45, 7) is 1.64. The lowest BCUT2D eigenvalue weighted by Gasteiger charge is -2.09. The Labute approximate surface area is 161 Å². The molecule has 1 aromatic carbocycles. The molecule has 5 nitrogen and oxygen atoms in total. The van der Waals surface area contributed by atoms with E-state index in [-0.39, 0.29) is 18.0 Å². The van der Waals surface area contributed by atoms with Crippen molar-refractivity contribution in [3.63, 3.8) is 0 Å². The van der Waals surface area contributed by atoms with E-state index in [0.29, 0.717) is 17.0 Å². The van der Waals surface area contributed by atoms with Gasteiger partial charge >= 0.3 is 0 Å². The molecule has 3 aromatic rings. The molecule has 0 aliphatic rings. The number of carbonyl (C=O) groups excluding carboxylic acids is 2. The average Bonchev–Trinajstić information content (AvgIpc) is 3.18. The Morgan fingerprint density at radius 3 is 2.65 bits per heavy atom. The Bertz CT molecular complexity index is 967. The van der Waals surface area contributed by atoms with E-state index in [1.54, 1.807) is 6.92 Å². The number of thiophene rings is 1. The second-order valence-corrected chi connectivity index (χ2v) is 8.02. The molecule has 0 saturated heterocycles. The van der Waals surface area contributed by atoms with Gasteiger partial charge in [-0.15, -0.1) is 11.3 Å². The summed E-state index contributed by atoms with van der Waals surface area (Å²) < 4.78 is 20.0. The molecule has 2 heterocycles. The highest BCUT2D eigenvalue weighted by atomic mass is 79.9. The summed E-state index contributed by atoms with van der Waals surface area (Å²) in [4.78, 5) is 25.2. The Morgan fingerprint density at radius 1 is 1.19 bits per heavy atom. The second-order valence-electron chi connectivity index (χ2n) is 5.47. The number of nitrogens with one attached hydrogen (secondary N) is 2. The van der Waals surface area contributed by atoms with E-state index in [4.69, 9.17) is 4.42 Å². The number of amides is 2. The van der Waals surface area contributed by atoms with E-state index >= 15 is 0 Å². The molecule has 0 radical (unpaired) electrons. The number of aryl methyl sites for hydroxylation is 1. The average molecular weight is 437 g/mol. The molecule has 0 aliphatic heterocycles. The smallest absolute Gasteiger partial charge is 0.259 e. The van der Waals surface area contributed by atoms with Crippen LogP contribution in [-0.2, 0) is 11.2 Å². The molecular weight excluding hydrogens is 423 g/mol. The van der Waals surface area contributed by atoms with Gasteiger partial charge in [0.25, 0.3) is 5.91 Å². The van der Waals surface area contributed by atoms with Crippen molar-refractivity contribution >= 4 is 50.5 Å². The molecule has 0 unspecified atom stereocenters. The summed E-state index contributed by atoms with van der Waals surface area (Å²) in [5.74, 6) is -0.870. The number of carbonyl (C=O) groups is 2. The largest absolute Gasteiger partial charge is 0.469 e. The van der Waals surface area contributed by atoms with Crippen LogP contribution in [0.2, 0.25) is 0 Å². The fourth-order valence-electron chi connectivity index (χ4n) is 2.32. The van der Waals surface area contributed by atoms with Gasteiger partial charge < -0.3 is 15.1 Å². The molecule has 8 heteroatoms. The van der Waals surface area contributed by atoms with Crippen LogP contribution in [0.15, 0.2) is 50.9 Å². The van der Waals surface area contributed by atoms with E-state index in [1.165, 1.54) is 41.9 Å². The van der Waals surface area contributed by atoms with Crippen LogP contribution in [-0.4, -0.2) is 11.8 Å². The van der Waals surface area contributed by atoms with Crippen molar-refractivity contribution in [2.75, 3.05) is 10.6 Å². The molecule has 0 atom stereocenters. The Hall–Kier alpha value is -2.45. The standard InChI is InChI=1S/C18H14BrFN2O3S/c1-10-13(6-7-25-10)18(24)22-15-8-11(2-4-14(15)20)21-17(23)9-12-3-5-16(19)26-12/h2-8H,9H2,1H3,(H,21,23)(H,22,24). The molecule has 0 aliphatic carbocycles. The first-order valence-corrected chi connectivity index (χ1v) is 9.22. The van der Waals surface area contributed by atoms with Crippen molar-refractivity contribution in [2.45, 2.75) is 13.3 Å². The summed E-state index contributed by atoms with van der Waals surface area (Å²) in [5, 5.41) is 5.19. The first kappa shape index (κ1) is 18.3. The number of anilines is 2. The maximum absolute atomic E-state index is 14.0. The number of furan rings is 1. The highest BCUT2D eigenvalue weighted by Gasteiger charge is 2.15. The van der Waals surface area contributed by atoms with Crippen LogP contribution in [0.5, 0.6) is 0 Å². The zero-order valence-corrected chi connectivity index (χ0v) is 16.0. The first-order valence-electron chi connectivity index (χ1n) is 7.61. The van der Waals surface area contributed by atoms with E-state index in [0.717, 1.165) is 8.66 Å². The third-order valence-corrected chi connectivity index (χ3v) is 5.19. The van der Waals surface area contributed by atoms with Crippen molar-refractivity contribution in [1.82, 2.24) is 0 Å². The summed E-state index contributed by atoms with van der Waals surface area (Å²) in [6.07, 6.45) is 1.60. The van der Waals surface area contributed by atoms with Crippen molar-refractivity contribution < 1.29 is 18.4 Å². The van der Waals surface area contributed by atoms with Crippen LogP contribution in [0.3, 0.4) is 0 Å². The summed E-state index contributed by atoms with van der Waals surface area (Å²) >= 11 is 4.82. The van der Waals surface area contributed by atoms with Crippen molar-refractivity contribution in [3.05, 3.63) is 68.5 Å². The van der Waals surface area contributed by atoms with Gasteiger partial charge in [0, 0.05) is 10.6 Å². The van der Waals surface area contributed by atoms with E-state index in [1.807, 2.05) is 12.1 Å². The Kier molecular flexibility index (Phi) is 5.53. The predicted octanol–water partition coefficient (Wildman–Crippen LogP) is 4.98. The second kappa shape index (κ2) is 7.84. The van der Waals surface area contributed by atoms with Crippen LogP contribution in [0, 0.1) is 12.7 Å². The van der Waals surface area contributed by atoms with Crippen molar-refractivity contribution in [2.24, 2.45) is 0 Å². The number of hydrogen-bond donors (Lipinski definition) is 2. The molecule has 2 amide bonds. The minimum absolute atomic E-state index is 0.0210. The molecule has 134 valence electrons. The van der Waals surface area contributed by atoms with Crippen LogP contribution < -0.4 is 10.6 Å². The van der Waals surface area contributed by atoms with Crippen molar-refractivity contribution in [1.29, 1.82) is 0 Å². The Balaban J connectivity index is 1.70. The third-order valence-electron chi connectivity index (χ3n) is 3.57. The molecule has 2 N–H and O–H groups in total. The molecule has 0 saturated carbocycles. The number of rotatable bonds is 5. The van der Waals surface area contributed by atoms with Crippen LogP contribution >= 0.6 is 27.3 Å². The van der Waals surface area contributed by atoms with Gasteiger partial charge in [-0.05, 0) is 59.3 Å². The predicted molar refractivity (Wildman–Crippen MR) is 102 cm³/mol. The fraction of sp³-hybridized carbons (Fsp3) is 0.111. The monoisotopic (exact) mass is 436 g/mol. The maximum Gasteiger partial charge on any atom is 0.259 e. The zero-order valence-electron chi connectivity index (χ0n) is 13.6. The highest BCUT2D eigenvalue weighted by Crippen LogP contribution is 2.24. The fourth-order valence-corrected chi connectivity index (χ4v) is 3.80. The SMILES string of the molecule is Cc1occc1C(=O)Nc1cc(NC(=O)Cc2ccc(Br)s2)ccc1F. The van der Waals surface area contributed by atoms with Gasteiger partial charge in [0.05, 0.1) is 27.7 Å². The number of hydrogen-bond acceptors (Lipinski definition) is 4. The summed E-state index contributed by atoms with van der Waals surface area (Å²) in [6, 6.07) is 9.25. The van der Waals surface area contributed by atoms with Crippen LogP contribution in [0.4, 0.5) is 15.8 Å². The lowest BCUT2D eigenvalue weighted by Crippen LogP contribution is -2.16. The Morgan fingerprint density at radius 2 is 2.00 bits per heavy atom. The molecule has 2 aromatic heterocycles. The van der Waals surface area contributed by atoms with Gasteiger partial charge in [0.15, 0.2) is 0 Å². The lowest BCUT2D eigenvalue weighted by atomic mass is 10.2. The van der Waals surface area contributed by atoms with Crippen molar-refractivity contribution in [3.8, 4) is 0 Å². The van der Waals surface area contributed by atoms with Gasteiger partial charge in [0.1, 0.15) is 11.6 Å². The van der Waals surface area contributed by atoms with E-state index in [2.05, 4.69) is 26.6 Å². The molecule has 0 fully saturated rings. The van der Waals surface area contributed by atoms with Gasteiger partial charge in [-0.2, -0.15) is 0 Å². The lowest BCUT2D eigenvalue weighted by molar-refractivity contribution is -0.115.